The Bertz CT molecular complexity index is 1770. The van der Waals surface area contributed by atoms with Crippen molar-refractivity contribution in [1.29, 1.82) is 0 Å². The lowest BCUT2D eigenvalue weighted by atomic mass is 9.48. The van der Waals surface area contributed by atoms with Crippen LogP contribution in [0, 0.1) is 16.7 Å². The van der Waals surface area contributed by atoms with E-state index in [2.05, 4.69) is 127 Å². The third-order valence-corrected chi connectivity index (χ3v) is 28.3. The fourth-order valence-corrected chi connectivity index (χ4v) is 12.0. The SMILES string of the molecule is COc1cc(-c2cccnc2)oc(=O)c1C(O)C1=C(C)[C@H](O[Si](C)(C)C(C)(C)C)C[C@@H]2[C@@](C)(CO[Si](C)(C)C(C)(C)C)[C@H](O[Si](C)(C)C(C)(C)C)CC[C@@]12C. The Morgan fingerprint density at radius 3 is 2.00 bits per heavy atom. The summed E-state index contributed by atoms with van der Waals surface area (Å²) in [7, 11) is -5.17. The van der Waals surface area contributed by atoms with Gasteiger partial charge in [-0.05, 0) is 115 Å². The number of aliphatic hydroxyl groups excluding tert-OH is 1. The molecule has 11 heteroatoms. The van der Waals surface area contributed by atoms with E-state index in [1.165, 1.54) is 7.11 Å². The van der Waals surface area contributed by atoms with Crippen LogP contribution < -0.4 is 10.4 Å². The Kier molecular flexibility index (Phi) is 12.8. The smallest absolute Gasteiger partial charge is 0.346 e. The fraction of sp³-hybridized carbons (Fsp3) is 0.727. The number of pyridine rings is 1. The topological polar surface area (TPSA) is 100 Å². The maximum Gasteiger partial charge on any atom is 0.346 e. The summed E-state index contributed by atoms with van der Waals surface area (Å²) < 4.78 is 33.9. The number of nitrogens with zero attached hydrogens (tertiary/aromatic N) is 1. The third kappa shape index (κ3) is 8.78. The highest BCUT2D eigenvalue weighted by Gasteiger charge is 2.62. The molecule has 2 aromatic heterocycles. The van der Waals surface area contributed by atoms with Gasteiger partial charge in [-0.25, -0.2) is 4.79 Å². The van der Waals surface area contributed by atoms with Crippen LogP contribution in [0.1, 0.15) is 114 Å². The van der Waals surface area contributed by atoms with Crippen molar-refractivity contribution in [1.82, 2.24) is 4.98 Å². The van der Waals surface area contributed by atoms with Gasteiger partial charge in [0.15, 0.2) is 25.0 Å². The molecule has 1 unspecified atom stereocenters. The van der Waals surface area contributed by atoms with Crippen LogP contribution in [-0.4, -0.2) is 61.0 Å². The third-order valence-electron chi connectivity index (χ3n) is 14.9. The van der Waals surface area contributed by atoms with Crippen molar-refractivity contribution in [2.24, 2.45) is 16.7 Å². The molecule has 0 bridgehead atoms. The zero-order valence-electron chi connectivity index (χ0n) is 37.9. The molecule has 55 heavy (non-hydrogen) atoms. The van der Waals surface area contributed by atoms with E-state index in [-0.39, 0.29) is 44.6 Å². The molecule has 2 heterocycles. The lowest BCUT2D eigenvalue weighted by Crippen LogP contribution is -2.62. The molecular formula is C44H75NO7Si3. The molecule has 4 rings (SSSR count). The molecule has 0 amide bonds. The summed E-state index contributed by atoms with van der Waals surface area (Å²) in [5.41, 5.74) is 1.00. The summed E-state index contributed by atoms with van der Waals surface area (Å²) in [6, 6.07) is 5.32. The van der Waals surface area contributed by atoms with Crippen LogP contribution in [0.4, 0.5) is 0 Å². The van der Waals surface area contributed by atoms with Crippen LogP contribution in [-0.2, 0) is 13.3 Å². The number of aromatic nitrogens is 1. The second-order valence-corrected chi connectivity index (χ2v) is 36.0. The van der Waals surface area contributed by atoms with Gasteiger partial charge in [0.05, 0.1) is 19.3 Å². The van der Waals surface area contributed by atoms with E-state index < -0.39 is 47.5 Å². The maximum atomic E-state index is 14.1. The Morgan fingerprint density at radius 2 is 1.49 bits per heavy atom. The second-order valence-electron chi connectivity index (χ2n) is 21.7. The number of hydrogen-bond acceptors (Lipinski definition) is 8. The van der Waals surface area contributed by atoms with Gasteiger partial charge in [0, 0.05) is 36.0 Å². The first-order valence-electron chi connectivity index (χ1n) is 20.4. The van der Waals surface area contributed by atoms with Crippen molar-refractivity contribution < 1.29 is 27.5 Å². The summed E-state index contributed by atoms with van der Waals surface area (Å²) >= 11 is 0. The molecule has 2 aliphatic rings. The molecular weight excluding hydrogens is 739 g/mol. The lowest BCUT2D eigenvalue weighted by Gasteiger charge is -2.62. The van der Waals surface area contributed by atoms with Gasteiger partial charge in [-0.3, -0.25) is 4.98 Å². The minimum atomic E-state index is -2.31. The highest BCUT2D eigenvalue weighted by Crippen LogP contribution is 2.64. The highest BCUT2D eigenvalue weighted by atomic mass is 28.4. The summed E-state index contributed by atoms with van der Waals surface area (Å²) in [5.74, 6) is 0.626. The van der Waals surface area contributed by atoms with Gasteiger partial charge in [0.1, 0.15) is 23.2 Å². The first-order chi connectivity index (χ1) is 24.8. The molecule has 2 aromatic rings. The van der Waals surface area contributed by atoms with E-state index in [9.17, 15) is 9.90 Å². The van der Waals surface area contributed by atoms with E-state index in [4.69, 9.17) is 22.4 Å². The van der Waals surface area contributed by atoms with E-state index in [0.29, 0.717) is 17.9 Å². The Labute approximate surface area is 336 Å². The molecule has 0 saturated heterocycles. The number of aliphatic hydroxyl groups is 1. The minimum Gasteiger partial charge on any atom is -0.496 e. The van der Waals surface area contributed by atoms with Crippen molar-refractivity contribution >= 4 is 25.0 Å². The Hall–Kier alpha value is -1.87. The number of hydrogen-bond donors (Lipinski definition) is 1. The summed E-state index contributed by atoms with van der Waals surface area (Å²) in [6.45, 7) is 41.8. The van der Waals surface area contributed by atoms with Crippen molar-refractivity contribution in [3.05, 3.63) is 57.7 Å². The molecule has 1 saturated carbocycles. The van der Waals surface area contributed by atoms with Crippen molar-refractivity contribution in [2.45, 2.75) is 175 Å². The van der Waals surface area contributed by atoms with E-state index in [1.54, 1.807) is 24.5 Å². The van der Waals surface area contributed by atoms with Crippen LogP contribution in [0.5, 0.6) is 5.75 Å². The Morgan fingerprint density at radius 1 is 0.927 bits per heavy atom. The van der Waals surface area contributed by atoms with Gasteiger partial charge >= 0.3 is 5.63 Å². The lowest BCUT2D eigenvalue weighted by molar-refractivity contribution is -0.128. The quantitative estimate of drug-likeness (QED) is 0.177. The number of rotatable bonds is 11. The molecule has 0 spiro atoms. The van der Waals surface area contributed by atoms with Gasteiger partial charge in [-0.1, -0.05) is 76.2 Å². The van der Waals surface area contributed by atoms with Crippen LogP contribution >= 0.6 is 0 Å². The minimum absolute atomic E-state index is 0.00380. The molecule has 8 nitrogen and oxygen atoms in total. The van der Waals surface area contributed by atoms with Crippen molar-refractivity contribution in [3.63, 3.8) is 0 Å². The summed E-state index contributed by atoms with van der Waals surface area (Å²) in [6.07, 6.45) is 4.07. The predicted octanol–water partition coefficient (Wildman–Crippen LogP) is 11.7. The van der Waals surface area contributed by atoms with Crippen LogP contribution in [0.2, 0.25) is 54.4 Å². The fourth-order valence-electron chi connectivity index (χ4n) is 8.11. The summed E-state index contributed by atoms with van der Waals surface area (Å²) in [5, 5.41) is 12.9. The van der Waals surface area contributed by atoms with Crippen LogP contribution in [0.25, 0.3) is 11.3 Å². The molecule has 2 aliphatic carbocycles. The highest BCUT2D eigenvalue weighted by molar-refractivity contribution is 6.75. The van der Waals surface area contributed by atoms with Gasteiger partial charge < -0.3 is 27.5 Å². The van der Waals surface area contributed by atoms with Gasteiger partial charge in [0.2, 0.25) is 0 Å². The molecule has 1 N–H and O–H groups in total. The van der Waals surface area contributed by atoms with E-state index in [1.807, 2.05) is 6.07 Å². The predicted molar refractivity (Wildman–Crippen MR) is 233 cm³/mol. The zero-order chi connectivity index (χ0) is 42.0. The average molecular weight is 814 g/mol. The molecule has 1 fully saturated rings. The summed E-state index contributed by atoms with van der Waals surface area (Å²) in [4.78, 5) is 18.3. The average Bonchev–Trinajstić information content (AvgIpc) is 3.04. The maximum absolute atomic E-state index is 14.1. The number of fused-ring (bicyclic) bond motifs is 1. The first-order valence-corrected chi connectivity index (χ1v) is 29.1. The molecule has 310 valence electrons. The van der Waals surface area contributed by atoms with Gasteiger partial charge in [-0.2, -0.15) is 0 Å². The van der Waals surface area contributed by atoms with Gasteiger partial charge in [0.25, 0.3) is 0 Å². The van der Waals surface area contributed by atoms with Crippen LogP contribution in [0.15, 0.2) is 51.0 Å². The standard InChI is InChI=1S/C44H75NO7Si3/c1-29-31(51-54(16,17)41(5,6)7)26-34-43(11,37(29)38(46)36-33(48-13)25-32(50-39(36)47)30-21-20-24-45-27-30)23-22-35(52-55(18,19)42(8,9)10)44(34,12)28-49-53(14,15)40(2,3)4/h20-21,24-25,27,31,34-35,38,46H,22-23,26,28H2,1-19H3/t31-,34+,35-,38?,43-,44-/m1/s1. The van der Waals surface area contributed by atoms with Crippen molar-refractivity contribution in [2.75, 3.05) is 13.7 Å². The Balaban J connectivity index is 1.99. The van der Waals surface area contributed by atoms with Crippen LogP contribution in [0.3, 0.4) is 0 Å². The number of methoxy groups -OCH3 is 1. The number of ether oxygens (including phenoxy) is 1. The second kappa shape index (κ2) is 15.4. The van der Waals surface area contributed by atoms with E-state index >= 15 is 0 Å². The van der Waals surface area contributed by atoms with Gasteiger partial charge in [-0.15, -0.1) is 0 Å². The van der Waals surface area contributed by atoms with Crippen molar-refractivity contribution in [3.8, 4) is 17.1 Å². The largest absolute Gasteiger partial charge is 0.496 e. The molecule has 0 aromatic carbocycles. The first kappa shape index (κ1) is 45.8. The monoisotopic (exact) mass is 813 g/mol. The molecule has 0 aliphatic heterocycles. The zero-order valence-corrected chi connectivity index (χ0v) is 40.9. The molecule has 0 radical (unpaired) electrons. The van der Waals surface area contributed by atoms with E-state index in [0.717, 1.165) is 30.4 Å². The normalized spacial score (nSPS) is 26.5. The molecule has 6 atom stereocenters.